The standard InChI is InChI=1S/C17H16FN5O2/c1-11-14(4-3-5-15(11)23-10-19-21-22-23)20-17(24)9-12-6-7-16(25-2)13(18)8-12/h3-8,10H,9H2,1-2H3,(H,20,24). The van der Waals surface area contributed by atoms with E-state index in [0.29, 0.717) is 11.3 Å². The molecule has 3 aromatic rings. The van der Waals surface area contributed by atoms with Crippen molar-refractivity contribution in [3.8, 4) is 11.4 Å². The van der Waals surface area contributed by atoms with Crippen LogP contribution in [0.1, 0.15) is 11.1 Å². The van der Waals surface area contributed by atoms with Crippen LogP contribution in [0.3, 0.4) is 0 Å². The van der Waals surface area contributed by atoms with Crippen LogP contribution in [0.4, 0.5) is 10.1 Å². The van der Waals surface area contributed by atoms with Crippen LogP contribution < -0.4 is 10.1 Å². The van der Waals surface area contributed by atoms with Crippen molar-refractivity contribution >= 4 is 11.6 Å². The number of nitrogens with zero attached hydrogens (tertiary/aromatic N) is 4. The maximum atomic E-state index is 13.7. The minimum atomic E-state index is -0.496. The van der Waals surface area contributed by atoms with Gasteiger partial charge in [0, 0.05) is 5.69 Å². The van der Waals surface area contributed by atoms with Crippen molar-refractivity contribution < 1.29 is 13.9 Å². The number of benzene rings is 2. The minimum absolute atomic E-state index is 0.0511. The summed E-state index contributed by atoms with van der Waals surface area (Å²) in [5.74, 6) is -0.597. The number of tetrazole rings is 1. The Morgan fingerprint density at radius 2 is 2.16 bits per heavy atom. The summed E-state index contributed by atoms with van der Waals surface area (Å²) in [6.07, 6.45) is 1.53. The van der Waals surface area contributed by atoms with Crippen LogP contribution in [0.25, 0.3) is 5.69 Å². The molecule has 0 bridgehead atoms. The van der Waals surface area contributed by atoms with Crippen molar-refractivity contribution in [3.05, 3.63) is 59.7 Å². The first kappa shape index (κ1) is 16.6. The maximum Gasteiger partial charge on any atom is 0.228 e. The molecular weight excluding hydrogens is 325 g/mol. The summed E-state index contributed by atoms with van der Waals surface area (Å²) in [5, 5.41) is 13.9. The average molecular weight is 341 g/mol. The Morgan fingerprint density at radius 3 is 2.84 bits per heavy atom. The normalized spacial score (nSPS) is 10.5. The van der Waals surface area contributed by atoms with Gasteiger partial charge >= 0.3 is 0 Å². The molecule has 0 spiro atoms. The monoisotopic (exact) mass is 341 g/mol. The summed E-state index contributed by atoms with van der Waals surface area (Å²) in [6.45, 7) is 1.86. The third-order valence-electron chi connectivity index (χ3n) is 3.76. The van der Waals surface area contributed by atoms with Gasteiger partial charge < -0.3 is 10.1 Å². The highest BCUT2D eigenvalue weighted by Crippen LogP contribution is 2.22. The van der Waals surface area contributed by atoms with E-state index in [1.54, 1.807) is 18.2 Å². The first-order valence-corrected chi connectivity index (χ1v) is 7.53. The molecule has 0 saturated carbocycles. The van der Waals surface area contributed by atoms with E-state index in [-0.39, 0.29) is 18.1 Å². The number of carbonyl (C=O) groups is 1. The highest BCUT2D eigenvalue weighted by Gasteiger charge is 2.11. The molecule has 0 fully saturated rings. The van der Waals surface area contributed by atoms with Crippen LogP contribution in [0.5, 0.6) is 5.75 Å². The molecule has 128 valence electrons. The lowest BCUT2D eigenvalue weighted by Crippen LogP contribution is -2.16. The molecule has 0 saturated heterocycles. The fourth-order valence-electron chi connectivity index (χ4n) is 2.48. The zero-order valence-electron chi connectivity index (χ0n) is 13.7. The molecule has 0 atom stereocenters. The number of anilines is 1. The second kappa shape index (κ2) is 7.08. The Kier molecular flexibility index (Phi) is 4.69. The molecule has 7 nitrogen and oxygen atoms in total. The Morgan fingerprint density at radius 1 is 1.32 bits per heavy atom. The van der Waals surface area contributed by atoms with E-state index in [0.717, 1.165) is 11.3 Å². The topological polar surface area (TPSA) is 81.9 Å². The summed E-state index contributed by atoms with van der Waals surface area (Å²) in [7, 11) is 1.39. The minimum Gasteiger partial charge on any atom is -0.494 e. The van der Waals surface area contributed by atoms with Gasteiger partial charge in [-0.2, -0.15) is 0 Å². The number of nitrogens with one attached hydrogen (secondary N) is 1. The van der Waals surface area contributed by atoms with Gasteiger partial charge in [-0.15, -0.1) is 5.10 Å². The second-order valence-corrected chi connectivity index (χ2v) is 5.40. The van der Waals surface area contributed by atoms with Crippen LogP contribution in [-0.4, -0.2) is 33.2 Å². The zero-order chi connectivity index (χ0) is 17.8. The summed E-state index contributed by atoms with van der Waals surface area (Å²) in [5.41, 5.74) is 2.79. The van der Waals surface area contributed by atoms with Gasteiger partial charge in [-0.25, -0.2) is 9.07 Å². The maximum absolute atomic E-state index is 13.7. The van der Waals surface area contributed by atoms with Gasteiger partial charge in [0.05, 0.1) is 19.2 Å². The van der Waals surface area contributed by atoms with Crippen molar-refractivity contribution in [2.45, 2.75) is 13.3 Å². The molecule has 0 aliphatic carbocycles. The lowest BCUT2D eigenvalue weighted by Gasteiger charge is -2.12. The fourth-order valence-corrected chi connectivity index (χ4v) is 2.48. The van der Waals surface area contributed by atoms with E-state index >= 15 is 0 Å². The SMILES string of the molecule is COc1ccc(CC(=O)Nc2cccc(-n3cnnn3)c2C)cc1F. The molecule has 25 heavy (non-hydrogen) atoms. The van der Waals surface area contributed by atoms with Gasteiger partial charge in [-0.05, 0) is 52.7 Å². The first-order chi connectivity index (χ1) is 12.1. The molecule has 2 aromatic carbocycles. The quantitative estimate of drug-likeness (QED) is 0.770. The van der Waals surface area contributed by atoms with Crippen LogP contribution in [-0.2, 0) is 11.2 Å². The molecule has 8 heteroatoms. The zero-order valence-corrected chi connectivity index (χ0v) is 13.7. The molecule has 1 N–H and O–H groups in total. The number of methoxy groups -OCH3 is 1. The van der Waals surface area contributed by atoms with Gasteiger partial charge in [0.2, 0.25) is 5.91 Å². The van der Waals surface area contributed by atoms with Crippen LogP contribution in [0, 0.1) is 12.7 Å². The van der Waals surface area contributed by atoms with E-state index in [1.165, 1.54) is 30.3 Å². The third kappa shape index (κ3) is 3.63. The lowest BCUT2D eigenvalue weighted by molar-refractivity contribution is -0.115. The van der Waals surface area contributed by atoms with E-state index < -0.39 is 5.82 Å². The molecule has 3 rings (SSSR count). The predicted octanol–water partition coefficient (Wildman–Crippen LogP) is 2.30. The molecular formula is C17H16FN5O2. The van der Waals surface area contributed by atoms with E-state index in [9.17, 15) is 9.18 Å². The molecule has 0 unspecified atom stereocenters. The van der Waals surface area contributed by atoms with Crippen LogP contribution >= 0.6 is 0 Å². The van der Waals surface area contributed by atoms with E-state index in [2.05, 4.69) is 20.8 Å². The van der Waals surface area contributed by atoms with Crippen LogP contribution in [0.2, 0.25) is 0 Å². The number of hydrogen-bond acceptors (Lipinski definition) is 5. The Labute approximate surface area is 143 Å². The lowest BCUT2D eigenvalue weighted by atomic mass is 10.1. The fraction of sp³-hybridized carbons (Fsp3) is 0.176. The van der Waals surface area contributed by atoms with Crippen molar-refractivity contribution in [1.82, 2.24) is 20.2 Å². The highest BCUT2D eigenvalue weighted by molar-refractivity contribution is 5.93. The van der Waals surface area contributed by atoms with Gasteiger partial charge in [-0.3, -0.25) is 4.79 Å². The number of halogens is 1. The van der Waals surface area contributed by atoms with E-state index in [1.807, 2.05) is 13.0 Å². The van der Waals surface area contributed by atoms with Crippen LogP contribution in [0.15, 0.2) is 42.7 Å². The van der Waals surface area contributed by atoms with Crippen molar-refractivity contribution in [2.24, 2.45) is 0 Å². The summed E-state index contributed by atoms with van der Waals surface area (Å²) in [4.78, 5) is 12.3. The average Bonchev–Trinajstić information content (AvgIpc) is 3.11. The molecule has 1 amide bonds. The van der Waals surface area contributed by atoms with Crippen molar-refractivity contribution in [1.29, 1.82) is 0 Å². The van der Waals surface area contributed by atoms with Crippen molar-refractivity contribution in [2.75, 3.05) is 12.4 Å². The molecule has 1 aromatic heterocycles. The molecule has 0 aliphatic rings. The third-order valence-corrected chi connectivity index (χ3v) is 3.76. The Balaban J connectivity index is 1.75. The highest BCUT2D eigenvalue weighted by atomic mass is 19.1. The number of rotatable bonds is 5. The van der Waals surface area contributed by atoms with Crippen molar-refractivity contribution in [3.63, 3.8) is 0 Å². The summed E-state index contributed by atoms with van der Waals surface area (Å²) < 4.78 is 20.1. The Hall–Kier alpha value is -3.29. The van der Waals surface area contributed by atoms with Gasteiger partial charge in [0.15, 0.2) is 11.6 Å². The number of hydrogen-bond donors (Lipinski definition) is 1. The van der Waals surface area contributed by atoms with E-state index in [4.69, 9.17) is 4.74 Å². The molecule has 0 radical (unpaired) electrons. The van der Waals surface area contributed by atoms with Gasteiger partial charge in [0.25, 0.3) is 0 Å². The smallest absolute Gasteiger partial charge is 0.228 e. The largest absolute Gasteiger partial charge is 0.494 e. The molecule has 1 heterocycles. The number of ether oxygens (including phenoxy) is 1. The Bertz CT molecular complexity index is 896. The second-order valence-electron chi connectivity index (χ2n) is 5.40. The predicted molar refractivity (Wildman–Crippen MR) is 89.2 cm³/mol. The summed E-state index contributed by atoms with van der Waals surface area (Å²) in [6, 6.07) is 9.89. The summed E-state index contributed by atoms with van der Waals surface area (Å²) >= 11 is 0. The number of aromatic nitrogens is 4. The first-order valence-electron chi connectivity index (χ1n) is 7.53. The van der Waals surface area contributed by atoms with Gasteiger partial charge in [0.1, 0.15) is 6.33 Å². The number of amides is 1. The number of carbonyl (C=O) groups excluding carboxylic acids is 1. The molecule has 0 aliphatic heterocycles. The van der Waals surface area contributed by atoms with Gasteiger partial charge in [-0.1, -0.05) is 12.1 Å².